The zero-order chi connectivity index (χ0) is 30.7. The number of aliphatic hydroxyl groups excluding tert-OH is 1. The summed E-state index contributed by atoms with van der Waals surface area (Å²) in [7, 11) is 0. The van der Waals surface area contributed by atoms with Gasteiger partial charge in [-0.05, 0) is 84.9 Å². The molecule has 3 rings (SSSR count). The average Bonchev–Trinajstić information content (AvgIpc) is 2.95. The molecule has 3 aromatic rings. The molecule has 13 heteroatoms. The third-order valence-corrected chi connectivity index (χ3v) is 6.34. The quantitative estimate of drug-likeness (QED) is 0.0908. The second kappa shape index (κ2) is 15.0. The van der Waals surface area contributed by atoms with Gasteiger partial charge >= 0.3 is 5.51 Å². The summed E-state index contributed by atoms with van der Waals surface area (Å²) < 4.78 is 37.3. The number of hydrogen-bond donors (Lipinski definition) is 6. The van der Waals surface area contributed by atoms with Crippen LogP contribution in [-0.2, 0) is 16.1 Å². The Bertz CT molecular complexity index is 1440. The van der Waals surface area contributed by atoms with Crippen LogP contribution in [0.25, 0.3) is 0 Å². The van der Waals surface area contributed by atoms with Gasteiger partial charge in [-0.3, -0.25) is 19.6 Å². The number of thioether (sulfide) groups is 1. The number of amides is 3. The zero-order valence-electron chi connectivity index (χ0n) is 22.2. The summed E-state index contributed by atoms with van der Waals surface area (Å²) in [6.45, 7) is 1.62. The minimum atomic E-state index is -4.34. The third-order valence-electron chi connectivity index (χ3n) is 5.60. The van der Waals surface area contributed by atoms with Gasteiger partial charge in [0, 0.05) is 33.8 Å². The van der Waals surface area contributed by atoms with Gasteiger partial charge in [0.15, 0.2) is 0 Å². The van der Waals surface area contributed by atoms with Crippen molar-refractivity contribution in [3.63, 3.8) is 0 Å². The summed E-state index contributed by atoms with van der Waals surface area (Å²) in [5.41, 5.74) is -0.127. The van der Waals surface area contributed by atoms with Crippen LogP contribution in [0.3, 0.4) is 0 Å². The van der Waals surface area contributed by atoms with Crippen LogP contribution in [0.15, 0.2) is 77.7 Å². The number of anilines is 1. The van der Waals surface area contributed by atoms with Gasteiger partial charge < -0.3 is 21.1 Å². The summed E-state index contributed by atoms with van der Waals surface area (Å²) in [6.07, 6.45) is -1.23. The van der Waals surface area contributed by atoms with Crippen LogP contribution in [0.5, 0.6) is 0 Å². The van der Waals surface area contributed by atoms with E-state index in [-0.39, 0.29) is 34.7 Å². The highest BCUT2D eigenvalue weighted by atomic mass is 32.2. The molecule has 0 saturated carbocycles. The first kappa shape index (κ1) is 32.2. The molecule has 0 heterocycles. The summed E-state index contributed by atoms with van der Waals surface area (Å²) in [5, 5.41) is 26.4. The number of alkyl halides is 3. The number of hydroxylamine groups is 1. The molecule has 0 bridgehead atoms. The second-order valence-electron chi connectivity index (χ2n) is 8.92. The Kier molecular flexibility index (Phi) is 11.5. The van der Waals surface area contributed by atoms with Crippen LogP contribution in [0.2, 0.25) is 0 Å². The third kappa shape index (κ3) is 10.6. The van der Waals surface area contributed by atoms with Crippen LogP contribution in [0.1, 0.15) is 34.0 Å². The van der Waals surface area contributed by atoms with E-state index in [4.69, 9.17) is 5.21 Å². The van der Waals surface area contributed by atoms with E-state index in [0.29, 0.717) is 23.4 Å². The Morgan fingerprint density at radius 2 is 1.48 bits per heavy atom. The normalized spacial score (nSPS) is 12.3. The molecule has 3 aromatic carbocycles. The molecule has 6 N–H and O–H groups in total. The first-order valence-corrected chi connectivity index (χ1v) is 13.3. The topological polar surface area (TPSA) is 140 Å². The average molecular weight is 601 g/mol. The number of aliphatic hydroxyl groups is 1. The first-order chi connectivity index (χ1) is 19.9. The highest BCUT2D eigenvalue weighted by molar-refractivity contribution is 8.00. The molecule has 0 fully saturated rings. The molecule has 0 aliphatic heterocycles. The first-order valence-electron chi connectivity index (χ1n) is 12.4. The predicted molar refractivity (Wildman–Crippen MR) is 150 cm³/mol. The maximum atomic E-state index is 12.4. The van der Waals surface area contributed by atoms with E-state index in [1.54, 1.807) is 48.5 Å². The Morgan fingerprint density at radius 1 is 0.905 bits per heavy atom. The molecule has 9 nitrogen and oxygen atoms in total. The maximum absolute atomic E-state index is 12.4. The highest BCUT2D eigenvalue weighted by Gasteiger charge is 2.29. The molecule has 0 saturated heterocycles. The molecule has 0 aliphatic rings. The molecule has 2 atom stereocenters. The van der Waals surface area contributed by atoms with Crippen LogP contribution >= 0.6 is 11.8 Å². The lowest BCUT2D eigenvalue weighted by atomic mass is 10.1. The van der Waals surface area contributed by atoms with Crippen molar-refractivity contribution in [3.05, 3.63) is 95.1 Å². The summed E-state index contributed by atoms with van der Waals surface area (Å²) in [6, 6.07) is 17.6. The molecule has 3 amide bonds. The number of benzene rings is 3. The molecule has 0 aromatic heterocycles. The van der Waals surface area contributed by atoms with Gasteiger partial charge in [0.1, 0.15) is 6.04 Å². The van der Waals surface area contributed by atoms with Crippen LogP contribution in [-0.4, -0.2) is 52.2 Å². The minimum absolute atomic E-state index is 0.00292. The fraction of sp³-hybridized carbons (Fsp3) is 0.207. The number of halogens is 3. The van der Waals surface area contributed by atoms with Gasteiger partial charge in [-0.15, -0.1) is 0 Å². The molecule has 42 heavy (non-hydrogen) atoms. The van der Waals surface area contributed by atoms with Crippen molar-refractivity contribution in [3.8, 4) is 11.8 Å². The van der Waals surface area contributed by atoms with E-state index in [9.17, 15) is 32.7 Å². The second-order valence-corrected chi connectivity index (χ2v) is 10.1. The van der Waals surface area contributed by atoms with Crippen LogP contribution in [0, 0.1) is 11.8 Å². The molecule has 220 valence electrons. The number of hydrogen-bond acceptors (Lipinski definition) is 7. The van der Waals surface area contributed by atoms with Crippen molar-refractivity contribution in [1.29, 1.82) is 0 Å². The van der Waals surface area contributed by atoms with E-state index in [1.165, 1.54) is 36.7 Å². The fourth-order valence-electron chi connectivity index (χ4n) is 3.52. The summed E-state index contributed by atoms with van der Waals surface area (Å²) >= 11 is -0.182. The SMILES string of the molecule is C[C@@H](O)[C@H](NC(=O)c1ccc(C#Cc2ccc(NC(=O)CNCc3ccc(SC(F)(F)F)cc3)cc2)cc1)C(=O)NO. The number of rotatable bonds is 10. The van der Waals surface area contributed by atoms with Crippen molar-refractivity contribution in [2.45, 2.75) is 36.0 Å². The lowest BCUT2D eigenvalue weighted by molar-refractivity contribution is -0.133. The van der Waals surface area contributed by atoms with Gasteiger partial charge in [-0.2, -0.15) is 13.2 Å². The molecule has 0 radical (unpaired) electrons. The van der Waals surface area contributed by atoms with Gasteiger partial charge in [0.2, 0.25) is 5.91 Å². The van der Waals surface area contributed by atoms with Crippen LogP contribution < -0.4 is 21.4 Å². The lowest BCUT2D eigenvalue weighted by Gasteiger charge is -2.19. The van der Waals surface area contributed by atoms with Crippen molar-refractivity contribution in [1.82, 2.24) is 16.1 Å². The Hall–Kier alpha value is -4.35. The van der Waals surface area contributed by atoms with E-state index < -0.39 is 29.5 Å². The summed E-state index contributed by atoms with van der Waals surface area (Å²) in [5.74, 6) is 4.08. The van der Waals surface area contributed by atoms with Gasteiger partial charge in [0.05, 0.1) is 12.6 Å². The minimum Gasteiger partial charge on any atom is -0.391 e. The lowest BCUT2D eigenvalue weighted by Crippen LogP contribution is -2.51. The Morgan fingerprint density at radius 3 is 2.00 bits per heavy atom. The van der Waals surface area contributed by atoms with Crippen molar-refractivity contribution < 1.29 is 37.9 Å². The summed E-state index contributed by atoms with van der Waals surface area (Å²) in [4.78, 5) is 36.3. The highest BCUT2D eigenvalue weighted by Crippen LogP contribution is 2.36. The van der Waals surface area contributed by atoms with Gasteiger partial charge in [-0.1, -0.05) is 24.0 Å². The van der Waals surface area contributed by atoms with Crippen molar-refractivity contribution in [2.75, 3.05) is 11.9 Å². The zero-order valence-corrected chi connectivity index (χ0v) is 23.0. The predicted octanol–water partition coefficient (Wildman–Crippen LogP) is 3.41. The monoisotopic (exact) mass is 600 g/mol. The Balaban J connectivity index is 1.46. The maximum Gasteiger partial charge on any atom is 0.446 e. The number of carbonyl (C=O) groups excluding carboxylic acids is 3. The molecule has 0 aliphatic carbocycles. The van der Waals surface area contributed by atoms with Crippen molar-refractivity contribution in [2.24, 2.45) is 0 Å². The van der Waals surface area contributed by atoms with Gasteiger partial charge in [0.25, 0.3) is 11.8 Å². The van der Waals surface area contributed by atoms with Crippen LogP contribution in [0.4, 0.5) is 18.9 Å². The molecule has 0 spiro atoms. The van der Waals surface area contributed by atoms with E-state index in [0.717, 1.165) is 5.56 Å². The van der Waals surface area contributed by atoms with Gasteiger partial charge in [-0.25, -0.2) is 5.48 Å². The molecular formula is C29H27F3N4O5S. The Labute approximate surface area is 243 Å². The fourth-order valence-corrected chi connectivity index (χ4v) is 4.06. The largest absolute Gasteiger partial charge is 0.446 e. The number of nitrogens with one attached hydrogen (secondary N) is 4. The van der Waals surface area contributed by atoms with E-state index in [1.807, 2.05) is 0 Å². The van der Waals surface area contributed by atoms with Crippen molar-refractivity contribution >= 4 is 35.2 Å². The standard InChI is InChI=1S/C29H27F3N4O5S/c1-18(37)26(28(40)36-41)35-27(39)22-10-4-19(5-11-22)2-3-20-6-12-23(13-7-20)34-25(38)17-33-16-21-8-14-24(15-9-21)42-29(30,31)32/h4-15,18,26,33,37,41H,16-17H2,1H3,(H,34,38)(H,35,39)(H,36,40)/t18-,26+/m1/s1. The molecular weight excluding hydrogens is 573 g/mol. The number of carbonyl (C=O) groups is 3. The smallest absolute Gasteiger partial charge is 0.391 e. The molecule has 0 unspecified atom stereocenters. The van der Waals surface area contributed by atoms with E-state index >= 15 is 0 Å². The van der Waals surface area contributed by atoms with E-state index in [2.05, 4.69) is 27.8 Å².